The molecule has 0 radical (unpaired) electrons. The van der Waals surface area contributed by atoms with Crippen molar-refractivity contribution in [2.24, 2.45) is 11.5 Å². The van der Waals surface area contributed by atoms with E-state index in [1.165, 1.54) is 6.07 Å². The summed E-state index contributed by atoms with van der Waals surface area (Å²) in [5, 5.41) is 32.3. The van der Waals surface area contributed by atoms with Crippen LogP contribution >= 0.6 is 11.8 Å². The number of hydrogen-bond donors (Lipinski definition) is 7. The first-order valence-electron chi connectivity index (χ1n) is 9.47. The van der Waals surface area contributed by atoms with Crippen molar-refractivity contribution < 1.29 is 34.5 Å². The van der Waals surface area contributed by atoms with Crippen LogP contribution in [0.2, 0.25) is 0 Å². The lowest BCUT2D eigenvalue weighted by atomic mass is 10.1. The molecule has 31 heavy (non-hydrogen) atoms. The summed E-state index contributed by atoms with van der Waals surface area (Å²) in [5.41, 5.74) is 12.0. The van der Waals surface area contributed by atoms with Crippen molar-refractivity contribution in [1.82, 2.24) is 10.6 Å². The number of thioether (sulfide) groups is 1. The molecule has 0 heterocycles. The second kappa shape index (κ2) is 12.8. The van der Waals surface area contributed by atoms with Gasteiger partial charge >= 0.3 is 11.9 Å². The van der Waals surface area contributed by atoms with Gasteiger partial charge in [-0.05, 0) is 37.5 Å². The maximum atomic E-state index is 12.3. The molecule has 0 fully saturated rings. The number of carboxylic acids is 2. The van der Waals surface area contributed by atoms with Crippen LogP contribution in [0.4, 0.5) is 0 Å². The molecule has 11 nitrogen and oxygen atoms in total. The minimum Gasteiger partial charge on any atom is -0.507 e. The van der Waals surface area contributed by atoms with Crippen LogP contribution in [0, 0.1) is 0 Å². The quantitative estimate of drug-likeness (QED) is 0.185. The van der Waals surface area contributed by atoms with Gasteiger partial charge in [0.2, 0.25) is 11.8 Å². The van der Waals surface area contributed by atoms with E-state index in [4.69, 9.17) is 21.7 Å². The number of rotatable bonds is 13. The molecule has 2 amide bonds. The van der Waals surface area contributed by atoms with Gasteiger partial charge in [0.1, 0.15) is 24.4 Å². The number of amides is 2. The normalized spacial score (nSPS) is 13.6. The van der Waals surface area contributed by atoms with E-state index in [0.717, 1.165) is 17.3 Å². The summed E-state index contributed by atoms with van der Waals surface area (Å²) >= 11 is 1.10. The number of nitrogens with two attached hydrogens (primary N) is 2. The molecule has 1 aromatic rings. The fraction of sp³-hybridized carbons (Fsp3) is 0.474. The highest BCUT2D eigenvalue weighted by atomic mass is 32.2. The molecule has 9 N–H and O–H groups in total. The molecule has 0 saturated carbocycles. The number of carbonyl (C=O) groups is 4. The predicted molar refractivity (Wildman–Crippen MR) is 114 cm³/mol. The van der Waals surface area contributed by atoms with Crippen molar-refractivity contribution in [3.63, 3.8) is 0 Å². The Bertz CT molecular complexity index is 803. The number of hydrogen-bond acceptors (Lipinski definition) is 8. The molecule has 0 bridgehead atoms. The molecule has 0 aliphatic rings. The number of aromatic hydroxyl groups is 1. The highest BCUT2D eigenvalue weighted by Crippen LogP contribution is 2.30. The highest BCUT2D eigenvalue weighted by Gasteiger charge is 2.23. The van der Waals surface area contributed by atoms with Crippen LogP contribution in [0.15, 0.2) is 23.1 Å². The van der Waals surface area contributed by atoms with Crippen molar-refractivity contribution in [2.75, 3.05) is 12.3 Å². The van der Waals surface area contributed by atoms with Crippen molar-refractivity contribution >= 4 is 35.5 Å². The van der Waals surface area contributed by atoms with Crippen molar-refractivity contribution in [3.05, 3.63) is 23.8 Å². The number of phenols is 1. The van der Waals surface area contributed by atoms with Crippen molar-refractivity contribution in [1.29, 1.82) is 0 Å². The largest absolute Gasteiger partial charge is 0.507 e. The average Bonchev–Trinajstić information content (AvgIpc) is 2.68. The second-order valence-electron chi connectivity index (χ2n) is 7.01. The van der Waals surface area contributed by atoms with Gasteiger partial charge in [-0.1, -0.05) is 6.07 Å². The molecular formula is C19H28N4O7S. The van der Waals surface area contributed by atoms with Gasteiger partial charge in [0.05, 0.1) is 0 Å². The van der Waals surface area contributed by atoms with E-state index in [2.05, 4.69) is 10.6 Å². The summed E-state index contributed by atoms with van der Waals surface area (Å²) in [6.45, 7) is 1.21. The van der Waals surface area contributed by atoms with Crippen LogP contribution in [0.3, 0.4) is 0 Å². The first-order valence-corrected chi connectivity index (χ1v) is 10.5. The fourth-order valence-electron chi connectivity index (χ4n) is 2.49. The molecule has 0 aliphatic carbocycles. The van der Waals surface area contributed by atoms with Crippen LogP contribution in [-0.4, -0.2) is 69.5 Å². The van der Waals surface area contributed by atoms with Crippen LogP contribution in [0.1, 0.15) is 25.3 Å². The zero-order valence-corrected chi connectivity index (χ0v) is 17.9. The van der Waals surface area contributed by atoms with Gasteiger partial charge in [0.15, 0.2) is 0 Å². The minimum absolute atomic E-state index is 0.00261. The Balaban J connectivity index is 2.84. The summed E-state index contributed by atoms with van der Waals surface area (Å²) in [6.07, 6.45) is 0.227. The van der Waals surface area contributed by atoms with Crippen molar-refractivity contribution in [2.45, 2.75) is 49.2 Å². The van der Waals surface area contributed by atoms with Gasteiger partial charge in [0, 0.05) is 23.1 Å². The Morgan fingerprint density at radius 1 is 1.16 bits per heavy atom. The van der Waals surface area contributed by atoms with Gasteiger partial charge in [0.25, 0.3) is 0 Å². The molecule has 0 aliphatic heterocycles. The summed E-state index contributed by atoms with van der Waals surface area (Å²) in [7, 11) is 0. The maximum absolute atomic E-state index is 12.3. The monoisotopic (exact) mass is 456 g/mol. The Labute approximate surface area is 183 Å². The summed E-state index contributed by atoms with van der Waals surface area (Å²) < 4.78 is 0. The molecule has 172 valence electrons. The lowest BCUT2D eigenvalue weighted by Gasteiger charge is -2.19. The van der Waals surface area contributed by atoms with Gasteiger partial charge in [-0.15, -0.1) is 11.8 Å². The highest BCUT2D eigenvalue weighted by molar-refractivity contribution is 7.99. The van der Waals surface area contributed by atoms with Crippen LogP contribution in [0.5, 0.6) is 5.75 Å². The van der Waals surface area contributed by atoms with E-state index in [-0.39, 0.29) is 30.4 Å². The van der Waals surface area contributed by atoms with E-state index in [1.807, 2.05) is 6.92 Å². The second-order valence-corrected chi connectivity index (χ2v) is 8.07. The summed E-state index contributed by atoms with van der Waals surface area (Å²) in [4.78, 5) is 46.4. The SMILES string of the molecule is CC(N)Cc1ccc(O)c(SC[C@H](NC(=O)CC[C@H](N)C(=O)O)C(=O)NCC(=O)O)c1. The van der Waals surface area contributed by atoms with Crippen LogP contribution in [-0.2, 0) is 25.6 Å². The Kier molecular flexibility index (Phi) is 10.8. The molecule has 1 aromatic carbocycles. The average molecular weight is 457 g/mol. The molecule has 0 spiro atoms. The van der Waals surface area contributed by atoms with Gasteiger partial charge in [-0.2, -0.15) is 0 Å². The zero-order valence-electron chi connectivity index (χ0n) is 17.0. The molecule has 12 heteroatoms. The molecule has 0 saturated heterocycles. The third-order valence-electron chi connectivity index (χ3n) is 4.05. The number of phenolic OH excluding ortho intramolecular Hbond substituents is 1. The Hall–Kier alpha value is -2.83. The molecule has 1 rings (SSSR count). The Morgan fingerprint density at radius 2 is 1.84 bits per heavy atom. The number of carboxylic acid groups (broad SMARTS) is 2. The third kappa shape index (κ3) is 10.2. The van der Waals surface area contributed by atoms with Crippen LogP contribution in [0.25, 0.3) is 0 Å². The van der Waals surface area contributed by atoms with E-state index in [9.17, 15) is 24.3 Å². The third-order valence-corrected chi connectivity index (χ3v) is 5.19. The number of nitrogens with one attached hydrogen (secondary N) is 2. The summed E-state index contributed by atoms with van der Waals surface area (Å²) in [5.74, 6) is -3.85. The lowest BCUT2D eigenvalue weighted by Crippen LogP contribution is -2.49. The first kappa shape index (κ1) is 26.2. The fourth-order valence-corrected chi connectivity index (χ4v) is 3.52. The van der Waals surface area contributed by atoms with E-state index in [1.54, 1.807) is 12.1 Å². The van der Waals surface area contributed by atoms with Gasteiger partial charge in [-0.25, -0.2) is 0 Å². The van der Waals surface area contributed by atoms with Gasteiger partial charge in [-0.3, -0.25) is 19.2 Å². The summed E-state index contributed by atoms with van der Waals surface area (Å²) in [6, 6.07) is 2.54. The van der Waals surface area contributed by atoms with Crippen LogP contribution < -0.4 is 22.1 Å². The Morgan fingerprint density at radius 3 is 2.42 bits per heavy atom. The maximum Gasteiger partial charge on any atom is 0.322 e. The van der Waals surface area contributed by atoms with Crippen molar-refractivity contribution in [3.8, 4) is 5.75 Å². The van der Waals surface area contributed by atoms with Gasteiger partial charge < -0.3 is 37.4 Å². The zero-order chi connectivity index (χ0) is 23.6. The van der Waals surface area contributed by atoms with E-state index >= 15 is 0 Å². The van der Waals surface area contributed by atoms with E-state index in [0.29, 0.717) is 11.3 Å². The minimum atomic E-state index is -1.25. The predicted octanol–water partition coefficient (Wildman–Crippen LogP) is -0.748. The topological polar surface area (TPSA) is 205 Å². The number of carbonyl (C=O) groups excluding carboxylic acids is 2. The standard InChI is InChI=1S/C19H28N4O7S/c1-10(20)6-11-2-4-14(24)15(7-11)31-9-13(18(28)22-8-17(26)27)23-16(25)5-3-12(21)19(29)30/h2,4,7,10,12-13,24H,3,5-6,8-9,20-21H2,1H3,(H,22,28)(H,23,25)(H,26,27)(H,29,30)/t10?,12-,13-/m0/s1. The lowest BCUT2D eigenvalue weighted by molar-refractivity contribution is -0.139. The van der Waals surface area contributed by atoms with E-state index < -0.39 is 42.4 Å². The molecular weight excluding hydrogens is 428 g/mol. The molecule has 1 unspecified atom stereocenters. The smallest absolute Gasteiger partial charge is 0.322 e. The number of aliphatic carboxylic acids is 2. The first-order chi connectivity index (χ1) is 14.5. The molecule has 3 atom stereocenters. The molecule has 0 aromatic heterocycles. The number of benzene rings is 1.